The van der Waals surface area contributed by atoms with Gasteiger partial charge < -0.3 is 9.47 Å². The summed E-state index contributed by atoms with van der Waals surface area (Å²) < 4.78 is 10.4. The first-order chi connectivity index (χ1) is 10.8. The van der Waals surface area contributed by atoms with Crippen LogP contribution in [0.1, 0.15) is 96.8 Å². The molecule has 0 N–H and O–H groups in total. The van der Waals surface area contributed by atoms with Gasteiger partial charge >= 0.3 is 0 Å². The van der Waals surface area contributed by atoms with Crippen LogP contribution in [0.3, 0.4) is 0 Å². The molecule has 0 saturated carbocycles. The lowest BCUT2D eigenvalue weighted by atomic mass is 10.1. The molecule has 22 heavy (non-hydrogen) atoms. The maximum atomic E-state index is 5.19. The van der Waals surface area contributed by atoms with Crippen LogP contribution in [0.2, 0.25) is 0 Å². The van der Waals surface area contributed by atoms with Gasteiger partial charge in [0.2, 0.25) is 0 Å². The van der Waals surface area contributed by atoms with Gasteiger partial charge in [0.15, 0.2) is 6.29 Å². The summed E-state index contributed by atoms with van der Waals surface area (Å²) in [6, 6.07) is 0. The molecule has 0 unspecified atom stereocenters. The predicted octanol–water partition coefficient (Wildman–Crippen LogP) is 6.64. The van der Waals surface area contributed by atoms with E-state index in [0.29, 0.717) is 0 Å². The predicted molar refractivity (Wildman–Crippen MR) is 97.3 cm³/mol. The Morgan fingerprint density at radius 1 is 0.636 bits per heavy atom. The molecule has 0 amide bonds. The highest BCUT2D eigenvalue weighted by Gasteiger charge is 2.03. The Balaban J connectivity index is 3.14. The molecular formula is C20H40O2. The highest BCUT2D eigenvalue weighted by atomic mass is 16.7. The zero-order chi connectivity index (χ0) is 16.3. The van der Waals surface area contributed by atoms with E-state index in [1.54, 1.807) is 14.2 Å². The number of allylic oxidation sites excluding steroid dienone is 2. The summed E-state index contributed by atoms with van der Waals surface area (Å²) in [5.74, 6) is 0. The first-order valence-corrected chi connectivity index (χ1v) is 9.55. The van der Waals surface area contributed by atoms with Crippen molar-refractivity contribution in [3.8, 4) is 0 Å². The van der Waals surface area contributed by atoms with Gasteiger partial charge in [0, 0.05) is 14.2 Å². The largest absolute Gasteiger partial charge is 0.356 e. The monoisotopic (exact) mass is 312 g/mol. The van der Waals surface area contributed by atoms with Gasteiger partial charge in [-0.15, -0.1) is 0 Å². The van der Waals surface area contributed by atoms with E-state index in [9.17, 15) is 0 Å². The normalized spacial score (nSPS) is 11.8. The fraction of sp³-hybridized carbons (Fsp3) is 0.900. The summed E-state index contributed by atoms with van der Waals surface area (Å²) in [7, 11) is 3.43. The van der Waals surface area contributed by atoms with Crippen molar-refractivity contribution in [1.82, 2.24) is 0 Å². The van der Waals surface area contributed by atoms with Crippen molar-refractivity contribution in [3.63, 3.8) is 0 Å². The van der Waals surface area contributed by atoms with E-state index in [4.69, 9.17) is 9.47 Å². The molecular weight excluding hydrogens is 272 g/mol. The number of hydrogen-bond donors (Lipinski definition) is 0. The van der Waals surface area contributed by atoms with E-state index in [2.05, 4.69) is 19.1 Å². The average molecular weight is 313 g/mol. The molecule has 0 aliphatic carbocycles. The number of hydrogen-bond acceptors (Lipinski definition) is 2. The van der Waals surface area contributed by atoms with E-state index in [1.165, 1.54) is 83.5 Å². The molecule has 0 saturated heterocycles. The third-order valence-corrected chi connectivity index (χ3v) is 4.23. The number of methoxy groups -OCH3 is 2. The zero-order valence-electron chi connectivity index (χ0n) is 15.4. The second-order valence-corrected chi connectivity index (χ2v) is 6.27. The van der Waals surface area contributed by atoms with Crippen molar-refractivity contribution in [2.45, 2.75) is 103 Å². The van der Waals surface area contributed by atoms with Gasteiger partial charge in [-0.25, -0.2) is 0 Å². The second-order valence-electron chi connectivity index (χ2n) is 6.27. The summed E-state index contributed by atoms with van der Waals surface area (Å²) in [5.41, 5.74) is 0. The van der Waals surface area contributed by atoms with Crippen LogP contribution in [0, 0.1) is 0 Å². The van der Waals surface area contributed by atoms with Crippen molar-refractivity contribution in [3.05, 3.63) is 12.2 Å². The topological polar surface area (TPSA) is 18.5 Å². The molecule has 0 rings (SSSR count). The Kier molecular flexibility index (Phi) is 18.4. The zero-order valence-corrected chi connectivity index (χ0v) is 15.4. The molecule has 2 nitrogen and oxygen atoms in total. The lowest BCUT2D eigenvalue weighted by Gasteiger charge is -2.12. The van der Waals surface area contributed by atoms with Gasteiger partial charge in [0.05, 0.1) is 0 Å². The van der Waals surface area contributed by atoms with Gasteiger partial charge in [-0.2, -0.15) is 0 Å². The standard InChI is InChI=1S/C20H40O2/c1-4-5-6-7-8-9-10-11-12-13-14-15-16-17-18-19-20(21-2)22-3/h11-12,20H,4-10,13-19H2,1-3H3. The summed E-state index contributed by atoms with van der Waals surface area (Å²) >= 11 is 0. The van der Waals surface area contributed by atoms with Crippen molar-refractivity contribution >= 4 is 0 Å². The minimum absolute atomic E-state index is 0.00935. The summed E-state index contributed by atoms with van der Waals surface area (Å²) in [4.78, 5) is 0. The fourth-order valence-corrected chi connectivity index (χ4v) is 2.71. The maximum Gasteiger partial charge on any atom is 0.156 e. The first-order valence-electron chi connectivity index (χ1n) is 9.55. The minimum atomic E-state index is -0.00935. The van der Waals surface area contributed by atoms with Crippen molar-refractivity contribution in [2.24, 2.45) is 0 Å². The van der Waals surface area contributed by atoms with Gasteiger partial charge in [0.25, 0.3) is 0 Å². The van der Waals surface area contributed by atoms with Crippen LogP contribution in [0.5, 0.6) is 0 Å². The number of rotatable bonds is 17. The molecule has 0 aromatic heterocycles. The average Bonchev–Trinajstić information content (AvgIpc) is 2.55. The maximum absolute atomic E-state index is 5.19. The van der Waals surface area contributed by atoms with Crippen molar-refractivity contribution in [2.75, 3.05) is 14.2 Å². The van der Waals surface area contributed by atoms with Crippen LogP contribution in [0.25, 0.3) is 0 Å². The van der Waals surface area contributed by atoms with E-state index in [1.807, 2.05) is 0 Å². The summed E-state index contributed by atoms with van der Waals surface area (Å²) in [6.45, 7) is 2.28. The van der Waals surface area contributed by atoms with E-state index < -0.39 is 0 Å². The third kappa shape index (κ3) is 16.0. The molecule has 0 aromatic rings. The second kappa shape index (κ2) is 18.7. The van der Waals surface area contributed by atoms with Gasteiger partial charge in [-0.05, 0) is 38.5 Å². The number of ether oxygens (including phenoxy) is 2. The van der Waals surface area contributed by atoms with Crippen LogP contribution in [-0.2, 0) is 9.47 Å². The van der Waals surface area contributed by atoms with Crippen molar-refractivity contribution in [1.29, 1.82) is 0 Å². The third-order valence-electron chi connectivity index (χ3n) is 4.23. The van der Waals surface area contributed by atoms with E-state index in [0.717, 1.165) is 6.42 Å². The van der Waals surface area contributed by atoms with Gasteiger partial charge in [0.1, 0.15) is 0 Å². The van der Waals surface area contributed by atoms with E-state index >= 15 is 0 Å². The van der Waals surface area contributed by atoms with Crippen LogP contribution in [0.4, 0.5) is 0 Å². The lowest BCUT2D eigenvalue weighted by Crippen LogP contribution is -2.12. The SMILES string of the molecule is CCCCCCCCC=CCCCCCCCC(OC)OC. The molecule has 0 spiro atoms. The van der Waals surface area contributed by atoms with E-state index in [-0.39, 0.29) is 6.29 Å². The highest BCUT2D eigenvalue weighted by molar-refractivity contribution is 4.81. The molecule has 132 valence electrons. The summed E-state index contributed by atoms with van der Waals surface area (Å²) in [5, 5.41) is 0. The van der Waals surface area contributed by atoms with Crippen LogP contribution >= 0.6 is 0 Å². The van der Waals surface area contributed by atoms with Gasteiger partial charge in [-0.1, -0.05) is 70.4 Å². The minimum Gasteiger partial charge on any atom is -0.356 e. The molecule has 0 radical (unpaired) electrons. The molecule has 0 atom stereocenters. The molecule has 0 fully saturated rings. The Labute approximate surface area is 139 Å². The highest BCUT2D eigenvalue weighted by Crippen LogP contribution is 2.11. The molecule has 2 heteroatoms. The van der Waals surface area contributed by atoms with Crippen LogP contribution < -0.4 is 0 Å². The lowest BCUT2D eigenvalue weighted by molar-refractivity contribution is -0.107. The fourth-order valence-electron chi connectivity index (χ4n) is 2.71. The molecule has 0 bridgehead atoms. The molecule has 0 heterocycles. The molecule has 0 aromatic carbocycles. The van der Waals surface area contributed by atoms with Crippen molar-refractivity contribution < 1.29 is 9.47 Å². The summed E-state index contributed by atoms with van der Waals surface area (Å²) in [6.07, 6.45) is 23.3. The Morgan fingerprint density at radius 2 is 1.09 bits per heavy atom. The van der Waals surface area contributed by atoms with Gasteiger partial charge in [-0.3, -0.25) is 0 Å². The Morgan fingerprint density at radius 3 is 1.59 bits per heavy atom. The Bertz CT molecular complexity index is 222. The first kappa shape index (κ1) is 21.7. The smallest absolute Gasteiger partial charge is 0.156 e. The van der Waals surface area contributed by atoms with Crippen LogP contribution in [-0.4, -0.2) is 20.5 Å². The Hall–Kier alpha value is -0.340. The quantitative estimate of drug-likeness (QED) is 0.170. The molecule has 0 aliphatic heterocycles. The van der Waals surface area contributed by atoms with Crippen LogP contribution in [0.15, 0.2) is 12.2 Å². The molecule has 0 aliphatic rings. The number of unbranched alkanes of at least 4 members (excludes halogenated alkanes) is 11.